The van der Waals surface area contributed by atoms with Gasteiger partial charge in [0.05, 0.1) is 12.2 Å². The zero-order chi connectivity index (χ0) is 17.1. The summed E-state index contributed by atoms with van der Waals surface area (Å²) in [5.74, 6) is 0.215. The molecule has 2 fully saturated rings. The highest BCUT2D eigenvalue weighted by atomic mass is 19.1. The van der Waals surface area contributed by atoms with Crippen LogP contribution in [0.1, 0.15) is 37.0 Å². The maximum Gasteiger partial charge on any atom is 0.253 e. The van der Waals surface area contributed by atoms with E-state index >= 15 is 0 Å². The van der Waals surface area contributed by atoms with E-state index in [0.717, 1.165) is 45.6 Å². The third-order valence-corrected chi connectivity index (χ3v) is 4.98. The van der Waals surface area contributed by atoms with E-state index in [0.29, 0.717) is 23.7 Å². The van der Waals surface area contributed by atoms with Crippen molar-refractivity contribution in [3.8, 4) is 0 Å². The molecule has 0 unspecified atom stereocenters. The van der Waals surface area contributed by atoms with E-state index in [1.807, 2.05) is 4.90 Å². The van der Waals surface area contributed by atoms with E-state index in [4.69, 9.17) is 4.74 Å². The molecule has 2 aliphatic rings. The molecule has 1 amide bonds. The van der Waals surface area contributed by atoms with Crippen LogP contribution in [0.3, 0.4) is 0 Å². The van der Waals surface area contributed by atoms with Gasteiger partial charge < -0.3 is 9.64 Å². The van der Waals surface area contributed by atoms with E-state index in [2.05, 4.69) is 18.7 Å². The van der Waals surface area contributed by atoms with Gasteiger partial charge in [0.1, 0.15) is 5.82 Å². The number of carbonyl (C=O) groups is 1. The van der Waals surface area contributed by atoms with Crippen LogP contribution >= 0.6 is 0 Å². The van der Waals surface area contributed by atoms with E-state index in [-0.39, 0.29) is 11.7 Å². The molecular formula is C19H27FN2O2. The molecule has 0 saturated carbocycles. The van der Waals surface area contributed by atoms with Gasteiger partial charge in [-0.3, -0.25) is 9.69 Å². The Morgan fingerprint density at radius 1 is 1.21 bits per heavy atom. The van der Waals surface area contributed by atoms with Gasteiger partial charge in [0.2, 0.25) is 0 Å². The van der Waals surface area contributed by atoms with Crippen LogP contribution in [0.25, 0.3) is 0 Å². The number of carbonyl (C=O) groups excluding carboxylic acids is 1. The Bertz CT molecular complexity index is 562. The second-order valence-electron chi connectivity index (χ2n) is 7.22. The Morgan fingerprint density at radius 3 is 2.50 bits per heavy atom. The number of benzene rings is 1. The zero-order valence-corrected chi connectivity index (χ0v) is 14.6. The summed E-state index contributed by atoms with van der Waals surface area (Å²) in [5, 5.41) is 0. The van der Waals surface area contributed by atoms with Crippen LogP contribution in [0.15, 0.2) is 24.3 Å². The standard InChI is InChI=1S/C19H27FN2O2/c1-14-11-21(12-15(2)24-14)13-16-6-8-22(9-7-16)19(23)17-4-3-5-18(20)10-17/h3-5,10,14-16H,6-9,11-13H2,1-2H3/t14-,15+. The molecule has 2 aliphatic heterocycles. The predicted molar refractivity (Wildman–Crippen MR) is 91.5 cm³/mol. The molecule has 1 aromatic carbocycles. The van der Waals surface area contributed by atoms with Crippen molar-refractivity contribution in [3.05, 3.63) is 35.6 Å². The van der Waals surface area contributed by atoms with Gasteiger partial charge in [0.15, 0.2) is 0 Å². The van der Waals surface area contributed by atoms with Crippen molar-refractivity contribution >= 4 is 5.91 Å². The second-order valence-corrected chi connectivity index (χ2v) is 7.22. The van der Waals surface area contributed by atoms with Gasteiger partial charge in [-0.2, -0.15) is 0 Å². The minimum absolute atomic E-state index is 0.0541. The van der Waals surface area contributed by atoms with Crippen molar-refractivity contribution < 1.29 is 13.9 Å². The molecule has 24 heavy (non-hydrogen) atoms. The number of morpholine rings is 1. The lowest BCUT2D eigenvalue weighted by atomic mass is 9.95. The highest BCUT2D eigenvalue weighted by Crippen LogP contribution is 2.22. The average Bonchev–Trinajstić information content (AvgIpc) is 2.54. The first kappa shape index (κ1) is 17.4. The number of nitrogens with zero attached hydrogens (tertiary/aromatic N) is 2. The van der Waals surface area contributed by atoms with Gasteiger partial charge in [0, 0.05) is 38.3 Å². The average molecular weight is 334 g/mol. The molecule has 0 aromatic heterocycles. The Hall–Kier alpha value is -1.46. The number of ether oxygens (including phenoxy) is 1. The third-order valence-electron chi connectivity index (χ3n) is 4.98. The molecule has 1 aromatic rings. The van der Waals surface area contributed by atoms with E-state index in [1.165, 1.54) is 12.1 Å². The molecule has 5 heteroatoms. The van der Waals surface area contributed by atoms with Gasteiger partial charge in [0.25, 0.3) is 5.91 Å². The maximum absolute atomic E-state index is 13.3. The van der Waals surface area contributed by atoms with Crippen molar-refractivity contribution in [1.29, 1.82) is 0 Å². The molecule has 3 rings (SSSR count). The monoisotopic (exact) mass is 334 g/mol. The summed E-state index contributed by atoms with van der Waals surface area (Å²) in [5.41, 5.74) is 0.448. The summed E-state index contributed by atoms with van der Waals surface area (Å²) in [6, 6.07) is 5.97. The van der Waals surface area contributed by atoms with Crippen LogP contribution in [0, 0.1) is 11.7 Å². The molecule has 4 nitrogen and oxygen atoms in total. The van der Waals surface area contributed by atoms with Crippen LogP contribution in [-0.4, -0.2) is 60.6 Å². The van der Waals surface area contributed by atoms with E-state index in [1.54, 1.807) is 12.1 Å². The Labute approximate surface area is 143 Å². The van der Waals surface area contributed by atoms with Crippen molar-refractivity contribution in [2.24, 2.45) is 5.92 Å². The molecule has 0 N–H and O–H groups in total. The lowest BCUT2D eigenvalue weighted by molar-refractivity contribution is -0.0728. The van der Waals surface area contributed by atoms with Gasteiger partial charge in [-0.05, 0) is 50.8 Å². The molecule has 0 radical (unpaired) electrons. The Balaban J connectivity index is 1.49. The molecule has 132 valence electrons. The number of hydrogen-bond acceptors (Lipinski definition) is 3. The minimum Gasteiger partial charge on any atom is -0.373 e. The number of halogens is 1. The first-order chi connectivity index (χ1) is 11.5. The lowest BCUT2D eigenvalue weighted by Gasteiger charge is -2.39. The second kappa shape index (κ2) is 7.62. The fourth-order valence-electron chi connectivity index (χ4n) is 3.92. The van der Waals surface area contributed by atoms with E-state index < -0.39 is 0 Å². The van der Waals surface area contributed by atoms with Crippen molar-refractivity contribution in [2.45, 2.75) is 38.9 Å². The first-order valence-electron chi connectivity index (χ1n) is 8.94. The normalized spacial score (nSPS) is 26.5. The van der Waals surface area contributed by atoms with Crippen molar-refractivity contribution in [1.82, 2.24) is 9.80 Å². The largest absolute Gasteiger partial charge is 0.373 e. The minimum atomic E-state index is -0.355. The topological polar surface area (TPSA) is 32.8 Å². The Morgan fingerprint density at radius 2 is 1.88 bits per heavy atom. The van der Waals surface area contributed by atoms with Crippen molar-refractivity contribution in [3.63, 3.8) is 0 Å². The van der Waals surface area contributed by atoms with Crippen LogP contribution in [0.4, 0.5) is 4.39 Å². The Kier molecular flexibility index (Phi) is 5.51. The summed E-state index contributed by atoms with van der Waals surface area (Å²) >= 11 is 0. The maximum atomic E-state index is 13.3. The molecule has 0 aliphatic carbocycles. The van der Waals surface area contributed by atoms with Gasteiger partial charge in [-0.25, -0.2) is 4.39 Å². The molecular weight excluding hydrogens is 307 g/mol. The number of piperidine rings is 1. The molecule has 0 bridgehead atoms. The summed E-state index contributed by atoms with van der Waals surface area (Å²) in [7, 11) is 0. The van der Waals surface area contributed by atoms with Crippen LogP contribution in [0.2, 0.25) is 0 Å². The van der Waals surface area contributed by atoms with Gasteiger partial charge in [-0.15, -0.1) is 0 Å². The molecule has 2 heterocycles. The van der Waals surface area contributed by atoms with E-state index in [9.17, 15) is 9.18 Å². The number of hydrogen-bond donors (Lipinski definition) is 0. The highest BCUT2D eigenvalue weighted by Gasteiger charge is 2.28. The number of rotatable bonds is 3. The summed E-state index contributed by atoms with van der Waals surface area (Å²) < 4.78 is 19.1. The SMILES string of the molecule is C[C@@H]1CN(CC2CCN(C(=O)c3cccc(F)c3)CC2)C[C@H](C)O1. The van der Waals surface area contributed by atoms with Gasteiger partial charge >= 0.3 is 0 Å². The fourth-order valence-corrected chi connectivity index (χ4v) is 3.92. The zero-order valence-electron chi connectivity index (χ0n) is 14.6. The third kappa shape index (κ3) is 4.33. The fraction of sp³-hybridized carbons (Fsp3) is 0.632. The van der Waals surface area contributed by atoms with Crippen molar-refractivity contribution in [2.75, 3.05) is 32.7 Å². The predicted octanol–water partition coefficient (Wildman–Crippen LogP) is 2.79. The smallest absolute Gasteiger partial charge is 0.253 e. The van der Waals surface area contributed by atoms with Crippen LogP contribution in [0.5, 0.6) is 0 Å². The highest BCUT2D eigenvalue weighted by molar-refractivity contribution is 5.94. The summed E-state index contributed by atoms with van der Waals surface area (Å²) in [6.07, 6.45) is 2.62. The summed E-state index contributed by atoms with van der Waals surface area (Å²) in [4.78, 5) is 16.8. The van der Waals surface area contributed by atoms with Crippen LogP contribution in [-0.2, 0) is 4.74 Å². The first-order valence-corrected chi connectivity index (χ1v) is 8.94. The lowest BCUT2D eigenvalue weighted by Crippen LogP contribution is -2.48. The quantitative estimate of drug-likeness (QED) is 0.852. The molecule has 2 saturated heterocycles. The number of amides is 1. The number of likely N-dealkylation sites (tertiary alicyclic amines) is 1. The van der Waals surface area contributed by atoms with Crippen LogP contribution < -0.4 is 0 Å². The van der Waals surface area contributed by atoms with Gasteiger partial charge in [-0.1, -0.05) is 6.07 Å². The summed E-state index contributed by atoms with van der Waals surface area (Å²) in [6.45, 7) is 8.84. The molecule has 0 spiro atoms. The molecule has 2 atom stereocenters.